The number of rotatable bonds is 4. The quantitative estimate of drug-likeness (QED) is 0.783. The number of nitrogens with zero attached hydrogens (tertiary/aromatic N) is 2. The number of carbonyl (C=O) groups is 1. The predicted molar refractivity (Wildman–Crippen MR) is 75.4 cm³/mol. The van der Waals surface area contributed by atoms with Crippen molar-refractivity contribution in [2.45, 2.75) is 44.2 Å². The predicted octanol–water partition coefficient (Wildman–Crippen LogP) is 0.609. The molecule has 0 atom stereocenters. The van der Waals surface area contributed by atoms with Gasteiger partial charge in [0.15, 0.2) is 0 Å². The van der Waals surface area contributed by atoms with Gasteiger partial charge in [0.1, 0.15) is 5.54 Å². The van der Waals surface area contributed by atoms with Gasteiger partial charge in [0.25, 0.3) is 0 Å². The lowest BCUT2D eigenvalue weighted by molar-refractivity contribution is -0.147. The van der Waals surface area contributed by atoms with Gasteiger partial charge in [-0.1, -0.05) is 6.92 Å². The number of likely N-dealkylation sites (tertiary alicyclic amines) is 2. The second-order valence-electron chi connectivity index (χ2n) is 5.99. The molecule has 0 unspecified atom stereocenters. The highest BCUT2D eigenvalue weighted by molar-refractivity contribution is 5.79. The van der Waals surface area contributed by atoms with Crippen molar-refractivity contribution in [3.8, 4) is 0 Å². The summed E-state index contributed by atoms with van der Waals surface area (Å²) in [5.41, 5.74) is -0.684. The number of piperidine rings is 2. The van der Waals surface area contributed by atoms with Crippen LogP contribution in [0.4, 0.5) is 0 Å². The number of nitrogens with one attached hydrogen (secondary N) is 1. The molecule has 2 saturated heterocycles. The molecule has 0 aromatic carbocycles. The zero-order valence-corrected chi connectivity index (χ0v) is 12.2. The van der Waals surface area contributed by atoms with Crippen molar-refractivity contribution >= 4 is 5.97 Å². The van der Waals surface area contributed by atoms with Crippen molar-refractivity contribution in [2.75, 3.05) is 39.8 Å². The summed E-state index contributed by atoms with van der Waals surface area (Å²) in [7, 11) is 2.17. The molecule has 19 heavy (non-hydrogen) atoms. The van der Waals surface area contributed by atoms with Gasteiger partial charge in [-0.3, -0.25) is 4.79 Å². The van der Waals surface area contributed by atoms with Gasteiger partial charge in [-0.15, -0.1) is 0 Å². The molecule has 2 N–H and O–H groups in total. The van der Waals surface area contributed by atoms with Crippen molar-refractivity contribution in [1.82, 2.24) is 15.1 Å². The van der Waals surface area contributed by atoms with Crippen molar-refractivity contribution in [2.24, 2.45) is 0 Å². The maximum absolute atomic E-state index is 11.5. The van der Waals surface area contributed by atoms with Crippen LogP contribution in [0, 0.1) is 0 Å². The Bertz CT molecular complexity index is 306. The van der Waals surface area contributed by atoms with Crippen molar-refractivity contribution < 1.29 is 9.90 Å². The summed E-state index contributed by atoms with van der Waals surface area (Å²) < 4.78 is 0. The minimum Gasteiger partial charge on any atom is -0.480 e. The third kappa shape index (κ3) is 3.27. The van der Waals surface area contributed by atoms with E-state index < -0.39 is 11.5 Å². The van der Waals surface area contributed by atoms with Gasteiger partial charge in [-0.25, -0.2) is 0 Å². The summed E-state index contributed by atoms with van der Waals surface area (Å²) in [6.45, 7) is 6.85. The van der Waals surface area contributed by atoms with Crippen LogP contribution in [0.15, 0.2) is 0 Å². The smallest absolute Gasteiger partial charge is 0.323 e. The van der Waals surface area contributed by atoms with E-state index in [0.717, 1.165) is 32.5 Å². The number of likely N-dealkylation sites (N-methyl/N-ethyl adjacent to an activating group) is 1. The largest absolute Gasteiger partial charge is 0.480 e. The second-order valence-corrected chi connectivity index (χ2v) is 5.99. The van der Waals surface area contributed by atoms with Crippen LogP contribution in [0.25, 0.3) is 0 Å². The molecule has 2 aliphatic rings. The summed E-state index contributed by atoms with van der Waals surface area (Å²) in [6, 6.07) is 0.657. The highest BCUT2D eigenvalue weighted by Crippen LogP contribution is 2.26. The standard InChI is InChI=1S/C14H27N3O2/c1-3-15-14(13(18)19)6-10-17(11-7-14)12-4-8-16(2)9-5-12/h12,15H,3-11H2,1-2H3,(H,18,19). The summed E-state index contributed by atoms with van der Waals surface area (Å²) in [4.78, 5) is 16.4. The number of carboxylic acid groups (broad SMARTS) is 1. The highest BCUT2D eigenvalue weighted by atomic mass is 16.4. The van der Waals surface area contributed by atoms with E-state index in [1.165, 1.54) is 25.9 Å². The second kappa shape index (κ2) is 6.20. The van der Waals surface area contributed by atoms with Gasteiger partial charge in [-0.05, 0) is 52.4 Å². The van der Waals surface area contributed by atoms with Gasteiger partial charge in [0.2, 0.25) is 0 Å². The Hall–Kier alpha value is -0.650. The molecule has 0 radical (unpaired) electrons. The van der Waals surface area contributed by atoms with Gasteiger partial charge in [0.05, 0.1) is 0 Å². The van der Waals surface area contributed by atoms with Gasteiger partial charge in [0, 0.05) is 19.1 Å². The normalized spacial score (nSPS) is 26.4. The van der Waals surface area contributed by atoms with Crippen LogP contribution in [0.5, 0.6) is 0 Å². The van der Waals surface area contributed by atoms with E-state index in [9.17, 15) is 9.90 Å². The van der Waals surface area contributed by atoms with Crippen LogP contribution >= 0.6 is 0 Å². The number of carboxylic acids is 1. The number of hydrogen-bond acceptors (Lipinski definition) is 4. The SMILES string of the molecule is CCNC1(C(=O)O)CCN(C2CCN(C)CC2)CC1. The fourth-order valence-electron chi connectivity index (χ4n) is 3.44. The third-order valence-electron chi connectivity index (χ3n) is 4.78. The zero-order chi connectivity index (χ0) is 13.9. The molecular formula is C14H27N3O2. The Morgan fingerprint density at radius 1 is 1.26 bits per heavy atom. The van der Waals surface area contributed by atoms with Crippen LogP contribution in [-0.4, -0.2) is 72.2 Å². The van der Waals surface area contributed by atoms with Gasteiger partial charge < -0.3 is 20.2 Å². The number of hydrogen-bond donors (Lipinski definition) is 2. The summed E-state index contributed by atoms with van der Waals surface area (Å²) in [5.74, 6) is -0.683. The Balaban J connectivity index is 1.89. The van der Waals surface area contributed by atoms with Crippen LogP contribution in [0.1, 0.15) is 32.6 Å². The van der Waals surface area contributed by atoms with Gasteiger partial charge in [-0.2, -0.15) is 0 Å². The maximum Gasteiger partial charge on any atom is 0.323 e. The molecular weight excluding hydrogens is 242 g/mol. The van der Waals surface area contributed by atoms with E-state index in [0.29, 0.717) is 6.04 Å². The van der Waals surface area contributed by atoms with Crippen molar-refractivity contribution in [3.63, 3.8) is 0 Å². The molecule has 2 heterocycles. The Labute approximate surface area is 115 Å². The van der Waals surface area contributed by atoms with E-state index >= 15 is 0 Å². The third-order valence-corrected chi connectivity index (χ3v) is 4.78. The first-order valence-electron chi connectivity index (χ1n) is 7.48. The molecule has 2 fully saturated rings. The van der Waals surface area contributed by atoms with E-state index in [1.54, 1.807) is 0 Å². The van der Waals surface area contributed by atoms with Crippen LogP contribution in [-0.2, 0) is 4.79 Å². The fraction of sp³-hybridized carbons (Fsp3) is 0.929. The Morgan fingerprint density at radius 2 is 1.84 bits per heavy atom. The minimum atomic E-state index is -0.684. The summed E-state index contributed by atoms with van der Waals surface area (Å²) in [5, 5.41) is 12.7. The average Bonchev–Trinajstić information content (AvgIpc) is 2.41. The molecule has 0 aliphatic carbocycles. The average molecular weight is 269 g/mol. The molecule has 5 heteroatoms. The molecule has 2 rings (SSSR count). The first-order valence-corrected chi connectivity index (χ1v) is 7.48. The molecule has 0 aromatic heterocycles. The van der Waals surface area contributed by atoms with Crippen molar-refractivity contribution in [1.29, 1.82) is 0 Å². The van der Waals surface area contributed by atoms with E-state index in [4.69, 9.17) is 0 Å². The minimum absolute atomic E-state index is 0.657. The summed E-state index contributed by atoms with van der Waals surface area (Å²) in [6.07, 6.45) is 3.89. The van der Waals surface area contributed by atoms with Crippen LogP contribution in [0.3, 0.4) is 0 Å². The highest BCUT2D eigenvalue weighted by Gasteiger charge is 2.42. The monoisotopic (exact) mass is 269 g/mol. The summed E-state index contributed by atoms with van der Waals surface area (Å²) >= 11 is 0. The van der Waals surface area contributed by atoms with Crippen LogP contribution in [0.2, 0.25) is 0 Å². The Morgan fingerprint density at radius 3 is 2.32 bits per heavy atom. The molecule has 0 spiro atoms. The maximum atomic E-state index is 11.5. The van der Waals surface area contributed by atoms with E-state index in [1.807, 2.05) is 6.92 Å². The first kappa shape index (κ1) is 14.8. The topological polar surface area (TPSA) is 55.8 Å². The fourth-order valence-corrected chi connectivity index (χ4v) is 3.44. The molecule has 0 aromatic rings. The molecule has 0 amide bonds. The Kier molecular flexibility index (Phi) is 4.81. The molecule has 110 valence electrons. The van der Waals surface area contributed by atoms with Gasteiger partial charge >= 0.3 is 5.97 Å². The van der Waals surface area contributed by atoms with E-state index in [-0.39, 0.29) is 0 Å². The molecule has 2 aliphatic heterocycles. The van der Waals surface area contributed by atoms with E-state index in [2.05, 4.69) is 22.2 Å². The zero-order valence-electron chi connectivity index (χ0n) is 12.2. The number of aliphatic carboxylic acids is 1. The van der Waals surface area contributed by atoms with Crippen LogP contribution < -0.4 is 5.32 Å². The molecule has 5 nitrogen and oxygen atoms in total. The van der Waals surface area contributed by atoms with Crippen molar-refractivity contribution in [3.05, 3.63) is 0 Å². The molecule has 0 saturated carbocycles. The lowest BCUT2D eigenvalue weighted by Crippen LogP contribution is -2.60. The lowest BCUT2D eigenvalue weighted by atomic mass is 9.86. The lowest BCUT2D eigenvalue weighted by Gasteiger charge is -2.44. The molecule has 0 bridgehead atoms. The first-order chi connectivity index (χ1) is 9.07.